The highest BCUT2D eigenvalue weighted by Gasteiger charge is 2.37. The van der Waals surface area contributed by atoms with E-state index in [2.05, 4.69) is 0 Å². The second kappa shape index (κ2) is 5.61. The first kappa shape index (κ1) is 14.5. The zero-order chi connectivity index (χ0) is 14.0. The Morgan fingerprint density at radius 3 is 2.47 bits per heavy atom. The first-order valence-electron chi connectivity index (χ1n) is 6.76. The third-order valence-corrected chi connectivity index (χ3v) is 5.57. The quantitative estimate of drug-likeness (QED) is 0.865. The van der Waals surface area contributed by atoms with Crippen molar-refractivity contribution >= 4 is 10.0 Å². The molecule has 2 N–H and O–H groups in total. The lowest BCUT2D eigenvalue weighted by Gasteiger charge is -2.22. The average Bonchev–Trinajstić information content (AvgIpc) is 3.17. The topological polar surface area (TPSA) is 63.4 Å². The number of hydrogen-bond acceptors (Lipinski definition) is 3. The summed E-state index contributed by atoms with van der Waals surface area (Å²) in [6, 6.07) is 5.52. The Morgan fingerprint density at radius 1 is 1.26 bits per heavy atom. The summed E-state index contributed by atoms with van der Waals surface area (Å²) in [6.45, 7) is 4.97. The molecule has 0 aliphatic heterocycles. The van der Waals surface area contributed by atoms with Gasteiger partial charge >= 0.3 is 0 Å². The monoisotopic (exact) mass is 282 g/mol. The molecular weight excluding hydrogens is 260 g/mol. The van der Waals surface area contributed by atoms with Crippen LogP contribution in [0, 0.1) is 13.8 Å². The van der Waals surface area contributed by atoms with Crippen LogP contribution in [-0.4, -0.2) is 31.9 Å². The van der Waals surface area contributed by atoms with Crippen molar-refractivity contribution in [3.05, 3.63) is 29.3 Å². The Labute approximate surface area is 115 Å². The Hall–Kier alpha value is -0.910. The molecule has 19 heavy (non-hydrogen) atoms. The van der Waals surface area contributed by atoms with Gasteiger partial charge in [0.2, 0.25) is 10.0 Å². The normalized spacial score (nSPS) is 16.0. The predicted octanol–water partition coefficient (Wildman–Crippen LogP) is 1.81. The Balaban J connectivity index is 2.30. The van der Waals surface area contributed by atoms with E-state index in [4.69, 9.17) is 5.73 Å². The van der Waals surface area contributed by atoms with Crippen LogP contribution >= 0.6 is 0 Å². The smallest absolute Gasteiger partial charge is 0.243 e. The Bertz CT molecular complexity index is 551. The Morgan fingerprint density at radius 2 is 1.95 bits per heavy atom. The summed E-state index contributed by atoms with van der Waals surface area (Å²) in [4.78, 5) is 0.402. The predicted molar refractivity (Wildman–Crippen MR) is 76.5 cm³/mol. The van der Waals surface area contributed by atoms with E-state index < -0.39 is 10.0 Å². The van der Waals surface area contributed by atoms with Crippen molar-refractivity contribution in [3.63, 3.8) is 0 Å². The molecule has 1 fully saturated rings. The lowest BCUT2D eigenvalue weighted by Crippen LogP contribution is -2.35. The molecule has 0 bridgehead atoms. The lowest BCUT2D eigenvalue weighted by atomic mass is 10.1. The van der Waals surface area contributed by atoms with Crippen molar-refractivity contribution in [2.24, 2.45) is 5.73 Å². The average molecular weight is 282 g/mol. The van der Waals surface area contributed by atoms with E-state index in [0.717, 1.165) is 24.0 Å². The maximum absolute atomic E-state index is 12.7. The van der Waals surface area contributed by atoms with Crippen molar-refractivity contribution in [1.29, 1.82) is 0 Å². The van der Waals surface area contributed by atoms with Gasteiger partial charge in [0.25, 0.3) is 0 Å². The second-order valence-electron chi connectivity index (χ2n) is 5.24. The highest BCUT2D eigenvalue weighted by Crippen LogP contribution is 2.32. The van der Waals surface area contributed by atoms with Crippen LogP contribution in [0.1, 0.15) is 30.4 Å². The summed E-state index contributed by atoms with van der Waals surface area (Å²) in [5, 5.41) is 0. The highest BCUT2D eigenvalue weighted by atomic mass is 32.2. The molecule has 0 spiro atoms. The third kappa shape index (κ3) is 3.16. The molecule has 0 unspecified atom stereocenters. The fraction of sp³-hybridized carbons (Fsp3) is 0.571. The van der Waals surface area contributed by atoms with Gasteiger partial charge in [0, 0.05) is 12.6 Å². The fourth-order valence-corrected chi connectivity index (χ4v) is 3.93. The lowest BCUT2D eigenvalue weighted by molar-refractivity contribution is 0.399. The summed E-state index contributed by atoms with van der Waals surface area (Å²) in [5.41, 5.74) is 7.62. The molecule has 0 radical (unpaired) electrons. The molecule has 0 saturated heterocycles. The van der Waals surface area contributed by atoms with Crippen LogP contribution in [-0.2, 0) is 10.0 Å². The minimum absolute atomic E-state index is 0.179. The van der Waals surface area contributed by atoms with Crippen molar-refractivity contribution in [1.82, 2.24) is 4.31 Å². The number of hydrogen-bond donors (Lipinski definition) is 1. The van der Waals surface area contributed by atoms with Gasteiger partial charge in [-0.1, -0.05) is 6.07 Å². The molecule has 2 rings (SSSR count). The van der Waals surface area contributed by atoms with Gasteiger partial charge in [0.1, 0.15) is 0 Å². The number of aryl methyl sites for hydroxylation is 2. The van der Waals surface area contributed by atoms with E-state index in [1.54, 1.807) is 16.4 Å². The van der Waals surface area contributed by atoms with Gasteiger partial charge in [0.15, 0.2) is 0 Å². The number of rotatable bonds is 6. The minimum atomic E-state index is -3.37. The van der Waals surface area contributed by atoms with Crippen LogP contribution in [0.4, 0.5) is 0 Å². The summed E-state index contributed by atoms with van der Waals surface area (Å²) < 4.78 is 27.0. The molecule has 106 valence electrons. The zero-order valence-electron chi connectivity index (χ0n) is 11.6. The summed E-state index contributed by atoms with van der Waals surface area (Å²) in [7, 11) is -3.37. The summed E-state index contributed by atoms with van der Waals surface area (Å²) in [5.74, 6) is 0. The highest BCUT2D eigenvalue weighted by molar-refractivity contribution is 7.89. The van der Waals surface area contributed by atoms with Gasteiger partial charge in [-0.25, -0.2) is 8.42 Å². The molecular formula is C14H22N2O2S. The maximum Gasteiger partial charge on any atom is 0.243 e. The summed E-state index contributed by atoms with van der Waals surface area (Å²) >= 11 is 0. The molecule has 5 heteroatoms. The van der Waals surface area contributed by atoms with E-state index in [-0.39, 0.29) is 6.04 Å². The molecule has 0 aromatic heterocycles. The molecule has 1 aliphatic carbocycles. The van der Waals surface area contributed by atoms with Gasteiger partial charge in [-0.3, -0.25) is 0 Å². The number of sulfonamides is 1. The SMILES string of the molecule is Cc1ccc(S(=O)(=O)N(CCCN)C2CC2)cc1C. The van der Waals surface area contributed by atoms with Crippen molar-refractivity contribution in [3.8, 4) is 0 Å². The van der Waals surface area contributed by atoms with E-state index in [9.17, 15) is 8.42 Å². The number of benzene rings is 1. The zero-order valence-corrected chi connectivity index (χ0v) is 12.4. The van der Waals surface area contributed by atoms with Crippen LogP contribution in [0.2, 0.25) is 0 Å². The van der Waals surface area contributed by atoms with Crippen molar-refractivity contribution in [2.75, 3.05) is 13.1 Å². The molecule has 4 nitrogen and oxygen atoms in total. The van der Waals surface area contributed by atoms with E-state index in [1.807, 2.05) is 19.9 Å². The van der Waals surface area contributed by atoms with Gasteiger partial charge < -0.3 is 5.73 Å². The minimum Gasteiger partial charge on any atom is -0.330 e. The summed E-state index contributed by atoms with van der Waals surface area (Å²) in [6.07, 6.45) is 2.64. The number of nitrogens with two attached hydrogens (primary N) is 1. The molecule has 1 aromatic rings. The van der Waals surface area contributed by atoms with E-state index >= 15 is 0 Å². The Kier molecular flexibility index (Phi) is 4.28. The molecule has 0 amide bonds. The van der Waals surface area contributed by atoms with E-state index in [0.29, 0.717) is 24.4 Å². The largest absolute Gasteiger partial charge is 0.330 e. The van der Waals surface area contributed by atoms with Crippen LogP contribution in [0.3, 0.4) is 0 Å². The van der Waals surface area contributed by atoms with Gasteiger partial charge in [-0.15, -0.1) is 0 Å². The van der Waals surface area contributed by atoms with Gasteiger partial charge in [-0.05, 0) is 62.9 Å². The molecule has 0 heterocycles. The maximum atomic E-state index is 12.7. The second-order valence-corrected chi connectivity index (χ2v) is 7.13. The van der Waals surface area contributed by atoms with Crippen molar-refractivity contribution < 1.29 is 8.42 Å². The molecule has 1 saturated carbocycles. The fourth-order valence-electron chi connectivity index (χ4n) is 2.12. The van der Waals surface area contributed by atoms with Crippen molar-refractivity contribution in [2.45, 2.75) is 44.0 Å². The van der Waals surface area contributed by atoms with E-state index in [1.165, 1.54) is 0 Å². The standard InChI is InChI=1S/C14H22N2O2S/c1-11-4-7-14(10-12(11)2)19(17,18)16(9-3-8-15)13-5-6-13/h4,7,10,13H,3,5-6,8-9,15H2,1-2H3. The van der Waals surface area contributed by atoms with Gasteiger partial charge in [0.05, 0.1) is 4.90 Å². The van der Waals surface area contributed by atoms with Crippen LogP contribution in [0.5, 0.6) is 0 Å². The first-order valence-corrected chi connectivity index (χ1v) is 8.20. The molecule has 0 atom stereocenters. The molecule has 1 aliphatic rings. The van der Waals surface area contributed by atoms with Gasteiger partial charge in [-0.2, -0.15) is 4.31 Å². The van der Waals surface area contributed by atoms with Crippen LogP contribution < -0.4 is 5.73 Å². The third-order valence-electron chi connectivity index (χ3n) is 3.62. The first-order chi connectivity index (χ1) is 8.96. The van der Waals surface area contributed by atoms with Crippen LogP contribution in [0.25, 0.3) is 0 Å². The molecule has 1 aromatic carbocycles. The van der Waals surface area contributed by atoms with Crippen LogP contribution in [0.15, 0.2) is 23.1 Å². The number of nitrogens with zero attached hydrogens (tertiary/aromatic N) is 1.